The van der Waals surface area contributed by atoms with Crippen LogP contribution in [0.5, 0.6) is 5.88 Å². The highest BCUT2D eigenvalue weighted by molar-refractivity contribution is 5.67. The molecule has 1 heterocycles. The summed E-state index contributed by atoms with van der Waals surface area (Å²) >= 11 is 0. The predicted molar refractivity (Wildman–Crippen MR) is 80.1 cm³/mol. The van der Waals surface area contributed by atoms with Crippen molar-refractivity contribution in [2.45, 2.75) is 63.8 Å². The van der Waals surface area contributed by atoms with Crippen LogP contribution in [0.3, 0.4) is 0 Å². The van der Waals surface area contributed by atoms with Gasteiger partial charge in [0.25, 0.3) is 0 Å². The standard InChI is InChI=1S/C15H24N4O/c1-2-20-15-12(16)14(17-11-8-9-11)18-13(19-15)10-6-4-3-5-7-10/h10-11H,2-9,16H2,1H3,(H,17,18,19). The Labute approximate surface area is 120 Å². The van der Waals surface area contributed by atoms with Crippen molar-refractivity contribution in [3.63, 3.8) is 0 Å². The van der Waals surface area contributed by atoms with Gasteiger partial charge in [-0.2, -0.15) is 4.98 Å². The van der Waals surface area contributed by atoms with E-state index in [2.05, 4.69) is 10.3 Å². The van der Waals surface area contributed by atoms with Gasteiger partial charge in [0, 0.05) is 12.0 Å². The van der Waals surface area contributed by atoms with Crippen molar-refractivity contribution in [3.05, 3.63) is 5.82 Å². The average Bonchev–Trinajstić information content (AvgIpc) is 3.28. The van der Waals surface area contributed by atoms with Gasteiger partial charge in [-0.1, -0.05) is 19.3 Å². The lowest BCUT2D eigenvalue weighted by molar-refractivity contribution is 0.324. The summed E-state index contributed by atoms with van der Waals surface area (Å²) in [6, 6.07) is 0.529. The van der Waals surface area contributed by atoms with E-state index in [1.165, 1.54) is 44.9 Å². The molecule has 0 amide bonds. The largest absolute Gasteiger partial charge is 0.476 e. The highest BCUT2D eigenvalue weighted by atomic mass is 16.5. The van der Waals surface area contributed by atoms with E-state index in [0.29, 0.717) is 30.1 Å². The summed E-state index contributed by atoms with van der Waals surface area (Å²) in [5.41, 5.74) is 6.69. The van der Waals surface area contributed by atoms with E-state index in [9.17, 15) is 0 Å². The maximum absolute atomic E-state index is 6.13. The van der Waals surface area contributed by atoms with Crippen LogP contribution in [0.1, 0.15) is 63.6 Å². The van der Waals surface area contributed by atoms with E-state index in [1.54, 1.807) is 0 Å². The molecule has 0 spiro atoms. The van der Waals surface area contributed by atoms with Crippen molar-refractivity contribution >= 4 is 11.5 Å². The first-order valence-corrected chi connectivity index (χ1v) is 7.84. The summed E-state index contributed by atoms with van der Waals surface area (Å²) in [6.45, 7) is 2.53. The molecule has 0 aliphatic heterocycles. The van der Waals surface area contributed by atoms with Gasteiger partial charge < -0.3 is 15.8 Å². The number of nitrogens with zero attached hydrogens (tertiary/aromatic N) is 2. The Morgan fingerprint density at radius 1 is 1.15 bits per heavy atom. The molecule has 0 unspecified atom stereocenters. The van der Waals surface area contributed by atoms with E-state index < -0.39 is 0 Å². The molecule has 2 fully saturated rings. The smallest absolute Gasteiger partial charge is 0.242 e. The zero-order valence-electron chi connectivity index (χ0n) is 12.2. The molecule has 2 aliphatic carbocycles. The maximum Gasteiger partial charge on any atom is 0.242 e. The zero-order chi connectivity index (χ0) is 13.9. The van der Waals surface area contributed by atoms with Gasteiger partial charge in [0.1, 0.15) is 11.5 Å². The number of rotatable bonds is 5. The van der Waals surface area contributed by atoms with Crippen LogP contribution in [0.25, 0.3) is 0 Å². The molecule has 0 radical (unpaired) electrons. The molecule has 0 atom stereocenters. The van der Waals surface area contributed by atoms with E-state index in [-0.39, 0.29) is 0 Å². The summed E-state index contributed by atoms with van der Waals surface area (Å²) in [4.78, 5) is 9.27. The molecule has 2 saturated carbocycles. The number of nitrogens with one attached hydrogen (secondary N) is 1. The van der Waals surface area contributed by atoms with Gasteiger partial charge in [0.15, 0.2) is 5.82 Å². The van der Waals surface area contributed by atoms with Crippen molar-refractivity contribution in [1.29, 1.82) is 0 Å². The summed E-state index contributed by atoms with van der Waals surface area (Å²) in [7, 11) is 0. The molecule has 0 saturated heterocycles. The van der Waals surface area contributed by atoms with Crippen LogP contribution in [0.15, 0.2) is 0 Å². The number of hydrogen-bond donors (Lipinski definition) is 2. The van der Waals surface area contributed by atoms with Gasteiger partial charge in [-0.3, -0.25) is 0 Å². The fourth-order valence-corrected chi connectivity index (χ4v) is 2.79. The summed E-state index contributed by atoms with van der Waals surface area (Å²) in [5, 5.41) is 3.41. The molecule has 3 N–H and O–H groups in total. The minimum Gasteiger partial charge on any atom is -0.476 e. The number of anilines is 2. The van der Waals surface area contributed by atoms with Crippen LogP contribution in [0, 0.1) is 0 Å². The van der Waals surface area contributed by atoms with Crippen molar-refractivity contribution < 1.29 is 4.74 Å². The second-order valence-electron chi connectivity index (χ2n) is 5.84. The molecule has 1 aromatic heterocycles. The minimum absolute atomic E-state index is 0.461. The highest BCUT2D eigenvalue weighted by Crippen LogP contribution is 2.36. The summed E-state index contributed by atoms with van der Waals surface area (Å²) < 4.78 is 5.59. The van der Waals surface area contributed by atoms with E-state index >= 15 is 0 Å². The van der Waals surface area contributed by atoms with Crippen molar-refractivity contribution in [2.75, 3.05) is 17.7 Å². The van der Waals surface area contributed by atoms with Gasteiger partial charge in [0.05, 0.1) is 6.61 Å². The van der Waals surface area contributed by atoms with Crippen LogP contribution in [-0.2, 0) is 0 Å². The highest BCUT2D eigenvalue weighted by Gasteiger charge is 2.26. The topological polar surface area (TPSA) is 73.1 Å². The van der Waals surface area contributed by atoms with Crippen LogP contribution in [0.2, 0.25) is 0 Å². The fraction of sp³-hybridized carbons (Fsp3) is 0.733. The molecule has 5 heteroatoms. The molecule has 0 aromatic carbocycles. The lowest BCUT2D eigenvalue weighted by Crippen LogP contribution is -2.15. The number of aromatic nitrogens is 2. The van der Waals surface area contributed by atoms with Gasteiger partial charge >= 0.3 is 0 Å². The first-order valence-electron chi connectivity index (χ1n) is 7.84. The Morgan fingerprint density at radius 2 is 1.90 bits per heavy atom. The average molecular weight is 276 g/mol. The quantitative estimate of drug-likeness (QED) is 0.864. The Hall–Kier alpha value is -1.52. The molecule has 1 aromatic rings. The van der Waals surface area contributed by atoms with Gasteiger partial charge in [-0.15, -0.1) is 0 Å². The Bertz CT molecular complexity index is 467. The van der Waals surface area contributed by atoms with Crippen LogP contribution >= 0.6 is 0 Å². The van der Waals surface area contributed by atoms with Gasteiger partial charge in [-0.05, 0) is 32.6 Å². The Kier molecular flexibility index (Phi) is 3.94. The Morgan fingerprint density at radius 3 is 2.55 bits per heavy atom. The van der Waals surface area contributed by atoms with Crippen molar-refractivity contribution in [2.24, 2.45) is 0 Å². The third kappa shape index (κ3) is 2.97. The van der Waals surface area contributed by atoms with Crippen LogP contribution in [-0.4, -0.2) is 22.6 Å². The predicted octanol–water partition coefficient (Wildman–Crippen LogP) is 3.08. The normalized spacial score (nSPS) is 19.9. The molecule has 110 valence electrons. The number of nitrogen functional groups attached to an aromatic ring is 1. The van der Waals surface area contributed by atoms with Crippen molar-refractivity contribution in [1.82, 2.24) is 9.97 Å². The third-order valence-corrected chi connectivity index (χ3v) is 4.10. The maximum atomic E-state index is 6.13. The summed E-state index contributed by atoms with van der Waals surface area (Å²) in [5.74, 6) is 2.69. The first kappa shape index (κ1) is 13.5. The third-order valence-electron chi connectivity index (χ3n) is 4.10. The number of nitrogens with two attached hydrogens (primary N) is 1. The second kappa shape index (κ2) is 5.85. The van der Waals surface area contributed by atoms with E-state index in [4.69, 9.17) is 15.5 Å². The first-order chi connectivity index (χ1) is 9.78. The van der Waals surface area contributed by atoms with Gasteiger partial charge in [-0.25, -0.2) is 4.98 Å². The molecule has 3 rings (SSSR count). The van der Waals surface area contributed by atoms with E-state index in [0.717, 1.165) is 11.6 Å². The molecule has 0 bridgehead atoms. The van der Waals surface area contributed by atoms with E-state index in [1.807, 2.05) is 6.92 Å². The lowest BCUT2D eigenvalue weighted by Gasteiger charge is -2.22. The van der Waals surface area contributed by atoms with Crippen molar-refractivity contribution in [3.8, 4) is 5.88 Å². The lowest BCUT2D eigenvalue weighted by atomic mass is 9.88. The zero-order valence-corrected chi connectivity index (χ0v) is 12.2. The molecule has 20 heavy (non-hydrogen) atoms. The van der Waals surface area contributed by atoms with Gasteiger partial charge in [0.2, 0.25) is 5.88 Å². The SMILES string of the molecule is CCOc1nc(C2CCCCC2)nc(NC2CC2)c1N. The molecular weight excluding hydrogens is 252 g/mol. The van der Waals surface area contributed by atoms with Crippen LogP contribution in [0.4, 0.5) is 11.5 Å². The minimum atomic E-state index is 0.461. The summed E-state index contributed by atoms with van der Waals surface area (Å²) in [6.07, 6.45) is 8.63. The number of hydrogen-bond acceptors (Lipinski definition) is 5. The second-order valence-corrected chi connectivity index (χ2v) is 5.84. The fourth-order valence-electron chi connectivity index (χ4n) is 2.79. The molecule has 2 aliphatic rings. The number of ether oxygens (including phenoxy) is 1. The Balaban J connectivity index is 1.88. The van der Waals surface area contributed by atoms with Crippen LogP contribution < -0.4 is 15.8 Å². The monoisotopic (exact) mass is 276 g/mol. The molecule has 5 nitrogen and oxygen atoms in total. The molecular formula is C15H24N4O.